The molecule has 6 heteroatoms. The molecule has 0 spiro atoms. The van der Waals surface area contributed by atoms with E-state index in [9.17, 15) is 19.2 Å². The molecule has 0 aliphatic rings. The number of carbonyl (C=O) groups excluding carboxylic acids is 4. The van der Waals surface area contributed by atoms with Gasteiger partial charge in [-0.2, -0.15) is 0 Å². The first kappa shape index (κ1) is 43.0. The van der Waals surface area contributed by atoms with Gasteiger partial charge in [-0.05, 0) is 32.1 Å². The molecule has 0 aromatic carbocycles. The van der Waals surface area contributed by atoms with Crippen LogP contribution in [0.2, 0.25) is 0 Å². The first-order valence-electron chi connectivity index (χ1n) is 19.1. The van der Waals surface area contributed by atoms with Crippen LogP contribution in [0.25, 0.3) is 0 Å². The third-order valence-electron chi connectivity index (χ3n) is 8.42. The van der Waals surface area contributed by atoms with Gasteiger partial charge in [-0.3, -0.25) is 14.4 Å². The molecule has 0 amide bonds. The van der Waals surface area contributed by atoms with Crippen LogP contribution in [0.3, 0.4) is 0 Å². The molecule has 0 rings (SSSR count). The van der Waals surface area contributed by atoms with Crippen molar-refractivity contribution in [1.29, 1.82) is 0 Å². The predicted molar refractivity (Wildman–Crippen MR) is 186 cm³/mol. The summed E-state index contributed by atoms with van der Waals surface area (Å²) in [6.07, 6.45) is 36.2. The molecule has 262 valence electrons. The van der Waals surface area contributed by atoms with Crippen LogP contribution in [-0.2, 0) is 28.7 Å². The highest BCUT2D eigenvalue weighted by molar-refractivity contribution is 5.91. The van der Waals surface area contributed by atoms with E-state index in [0.29, 0.717) is 19.3 Å². The van der Waals surface area contributed by atoms with Gasteiger partial charge in [-0.15, -0.1) is 0 Å². The van der Waals surface area contributed by atoms with Gasteiger partial charge in [0.15, 0.2) is 0 Å². The van der Waals surface area contributed by atoms with E-state index in [2.05, 4.69) is 13.8 Å². The van der Waals surface area contributed by atoms with Crippen LogP contribution in [0.1, 0.15) is 213 Å². The quantitative estimate of drug-likeness (QED) is 0.0309. The Morgan fingerprint density at radius 1 is 0.378 bits per heavy atom. The molecule has 0 unspecified atom stereocenters. The number of unbranched alkanes of at least 4 members (excludes halogenated alkanes) is 25. The van der Waals surface area contributed by atoms with Gasteiger partial charge >= 0.3 is 23.9 Å². The number of ether oxygens (including phenoxy) is 2. The maximum Gasteiger partial charge on any atom is 0.338 e. The fourth-order valence-electron chi connectivity index (χ4n) is 5.53. The molecule has 0 atom stereocenters. The standard InChI is InChI=1S/C39H70O6/c1-3-5-7-9-11-13-17-21-25-29-33-37(41)45-39(43)35-31-27-23-19-15-14-18-22-26-30-34-38(42)44-36(40)32-28-24-20-16-12-10-8-6-4-2/h29,33H,3-28,30-32,34-35H2,1-2H3. The second kappa shape index (κ2) is 34.9. The van der Waals surface area contributed by atoms with Crippen LogP contribution in [0.5, 0.6) is 0 Å². The maximum absolute atomic E-state index is 11.9. The molecule has 0 saturated heterocycles. The molecule has 0 aromatic heterocycles. The Morgan fingerprint density at radius 2 is 0.667 bits per heavy atom. The van der Waals surface area contributed by atoms with Gasteiger partial charge in [0.05, 0.1) is 0 Å². The third-order valence-corrected chi connectivity index (χ3v) is 8.42. The molecule has 0 radical (unpaired) electrons. The predicted octanol–water partition coefficient (Wildman–Crippen LogP) is 11.8. The number of carbonyl (C=O) groups is 4. The second-order valence-corrected chi connectivity index (χ2v) is 12.9. The van der Waals surface area contributed by atoms with E-state index in [0.717, 1.165) is 83.5 Å². The highest BCUT2D eigenvalue weighted by Gasteiger charge is 2.10. The summed E-state index contributed by atoms with van der Waals surface area (Å²) in [4.78, 5) is 47.4. The van der Waals surface area contributed by atoms with Crippen LogP contribution in [0, 0.1) is 0 Å². The van der Waals surface area contributed by atoms with E-state index in [1.165, 1.54) is 102 Å². The molecule has 0 aliphatic carbocycles. The van der Waals surface area contributed by atoms with E-state index >= 15 is 0 Å². The van der Waals surface area contributed by atoms with Crippen molar-refractivity contribution < 1.29 is 28.7 Å². The third kappa shape index (κ3) is 34.7. The zero-order chi connectivity index (χ0) is 33.1. The van der Waals surface area contributed by atoms with Crippen LogP contribution < -0.4 is 0 Å². The Hall–Kier alpha value is -1.98. The SMILES string of the molecule is CCCCCCCCCCC=CC(=O)OC(=O)CCCCCCCCCCCCC(=O)OC(=O)CCCCCCCCCCC. The van der Waals surface area contributed by atoms with Crippen molar-refractivity contribution in [2.24, 2.45) is 0 Å². The topological polar surface area (TPSA) is 86.7 Å². The summed E-state index contributed by atoms with van der Waals surface area (Å²) in [6, 6.07) is 0. The molecule has 0 saturated carbocycles. The minimum atomic E-state index is -0.547. The van der Waals surface area contributed by atoms with Crippen molar-refractivity contribution in [1.82, 2.24) is 0 Å². The lowest BCUT2D eigenvalue weighted by Crippen LogP contribution is -2.11. The summed E-state index contributed by atoms with van der Waals surface area (Å²) in [5, 5.41) is 0. The van der Waals surface area contributed by atoms with Gasteiger partial charge < -0.3 is 9.47 Å². The van der Waals surface area contributed by atoms with Crippen molar-refractivity contribution in [3.8, 4) is 0 Å². The Morgan fingerprint density at radius 3 is 1.02 bits per heavy atom. The van der Waals surface area contributed by atoms with E-state index < -0.39 is 11.9 Å². The summed E-state index contributed by atoms with van der Waals surface area (Å²) in [6.45, 7) is 4.46. The first-order valence-corrected chi connectivity index (χ1v) is 19.1. The fraction of sp³-hybridized carbons (Fsp3) is 0.846. The van der Waals surface area contributed by atoms with E-state index in [1.807, 2.05) is 6.08 Å². The molecule has 45 heavy (non-hydrogen) atoms. The van der Waals surface area contributed by atoms with Crippen molar-refractivity contribution in [2.75, 3.05) is 0 Å². The Bertz CT molecular complexity index is 744. The lowest BCUT2D eigenvalue weighted by atomic mass is 10.1. The number of rotatable bonds is 33. The first-order chi connectivity index (χ1) is 22.0. The number of esters is 4. The molecular weight excluding hydrogens is 564 g/mol. The summed E-state index contributed by atoms with van der Waals surface area (Å²) >= 11 is 0. The Kier molecular flexibility index (Phi) is 33.3. The summed E-state index contributed by atoms with van der Waals surface area (Å²) in [5.41, 5.74) is 0. The highest BCUT2D eigenvalue weighted by atomic mass is 16.6. The average molecular weight is 635 g/mol. The maximum atomic E-state index is 11.9. The fourth-order valence-corrected chi connectivity index (χ4v) is 5.53. The Labute approximate surface area is 277 Å². The van der Waals surface area contributed by atoms with Gasteiger partial charge in [0.1, 0.15) is 0 Å². The lowest BCUT2D eigenvalue weighted by molar-refractivity contribution is -0.160. The summed E-state index contributed by atoms with van der Waals surface area (Å²) < 4.78 is 9.85. The van der Waals surface area contributed by atoms with E-state index in [4.69, 9.17) is 9.47 Å². The van der Waals surface area contributed by atoms with Crippen LogP contribution in [-0.4, -0.2) is 23.9 Å². The van der Waals surface area contributed by atoms with Crippen LogP contribution >= 0.6 is 0 Å². The molecule has 0 N–H and O–H groups in total. The summed E-state index contributed by atoms with van der Waals surface area (Å²) in [5.74, 6) is -1.72. The number of hydrogen-bond donors (Lipinski definition) is 0. The van der Waals surface area contributed by atoms with E-state index in [1.54, 1.807) is 0 Å². The minimum absolute atomic E-state index is 0.297. The van der Waals surface area contributed by atoms with E-state index in [-0.39, 0.29) is 11.9 Å². The van der Waals surface area contributed by atoms with Gasteiger partial charge in [-0.25, -0.2) is 4.79 Å². The smallest absolute Gasteiger partial charge is 0.338 e. The van der Waals surface area contributed by atoms with Gasteiger partial charge in [-0.1, -0.05) is 168 Å². The highest BCUT2D eigenvalue weighted by Crippen LogP contribution is 2.14. The molecular formula is C39H70O6. The monoisotopic (exact) mass is 635 g/mol. The van der Waals surface area contributed by atoms with Crippen molar-refractivity contribution in [3.05, 3.63) is 12.2 Å². The molecule has 0 aromatic rings. The minimum Gasteiger partial charge on any atom is -0.393 e. The van der Waals surface area contributed by atoms with Crippen LogP contribution in [0.4, 0.5) is 0 Å². The van der Waals surface area contributed by atoms with Gasteiger partial charge in [0, 0.05) is 25.3 Å². The normalized spacial score (nSPS) is 11.2. The zero-order valence-electron chi connectivity index (χ0n) is 29.5. The van der Waals surface area contributed by atoms with Crippen molar-refractivity contribution in [2.45, 2.75) is 213 Å². The summed E-state index contributed by atoms with van der Waals surface area (Å²) in [7, 11) is 0. The second-order valence-electron chi connectivity index (χ2n) is 12.9. The molecule has 0 heterocycles. The average Bonchev–Trinajstić information content (AvgIpc) is 3.01. The van der Waals surface area contributed by atoms with Crippen molar-refractivity contribution >= 4 is 23.9 Å². The molecule has 0 fully saturated rings. The zero-order valence-corrected chi connectivity index (χ0v) is 29.5. The van der Waals surface area contributed by atoms with Gasteiger partial charge in [0.2, 0.25) is 0 Å². The number of allylic oxidation sites excluding steroid dienone is 1. The van der Waals surface area contributed by atoms with Crippen molar-refractivity contribution in [3.63, 3.8) is 0 Å². The van der Waals surface area contributed by atoms with Crippen LogP contribution in [0.15, 0.2) is 12.2 Å². The lowest BCUT2D eigenvalue weighted by Gasteiger charge is -2.05. The number of hydrogen-bond acceptors (Lipinski definition) is 6. The Balaban J connectivity index is 3.45. The molecule has 6 nitrogen and oxygen atoms in total. The largest absolute Gasteiger partial charge is 0.393 e. The van der Waals surface area contributed by atoms with Gasteiger partial charge in [0.25, 0.3) is 0 Å². The molecule has 0 bridgehead atoms. The molecule has 0 aliphatic heterocycles.